The minimum atomic E-state index is -1.24. The van der Waals surface area contributed by atoms with Crippen LogP contribution in [0.2, 0.25) is 0 Å². The molecule has 36 heavy (non-hydrogen) atoms. The highest BCUT2D eigenvalue weighted by Crippen LogP contribution is 2.28. The highest BCUT2D eigenvalue weighted by molar-refractivity contribution is 5.67. The average molecular weight is 488 g/mol. The summed E-state index contributed by atoms with van der Waals surface area (Å²) in [6.45, 7) is 3.41. The summed E-state index contributed by atoms with van der Waals surface area (Å²) in [5, 5.41) is 35.2. The van der Waals surface area contributed by atoms with E-state index in [0.717, 1.165) is 6.07 Å². The zero-order valence-corrected chi connectivity index (χ0v) is 19.2. The van der Waals surface area contributed by atoms with Gasteiger partial charge in [0.25, 0.3) is 0 Å². The second-order valence-electron chi connectivity index (χ2n) is 7.71. The number of carboxylic acid groups (broad SMARTS) is 1. The van der Waals surface area contributed by atoms with Gasteiger partial charge >= 0.3 is 6.09 Å². The molecule has 0 spiro atoms. The number of amides is 1. The molecule has 0 bridgehead atoms. The van der Waals surface area contributed by atoms with Gasteiger partial charge in [-0.3, -0.25) is 9.97 Å². The van der Waals surface area contributed by atoms with Crippen LogP contribution in [0.5, 0.6) is 0 Å². The lowest BCUT2D eigenvalue weighted by Crippen LogP contribution is -2.39. The molecule has 4 heterocycles. The number of aryl methyl sites for hydroxylation is 1. The Morgan fingerprint density at radius 3 is 2.61 bits per heavy atom. The van der Waals surface area contributed by atoms with E-state index >= 15 is 0 Å². The maximum Gasteiger partial charge on any atom is 0.404 e. The van der Waals surface area contributed by atoms with Gasteiger partial charge in [-0.2, -0.15) is 15.5 Å². The van der Waals surface area contributed by atoms with E-state index in [2.05, 4.69) is 41.1 Å². The minimum Gasteiger partial charge on any atom is -0.465 e. The largest absolute Gasteiger partial charge is 0.465 e. The molecule has 0 aliphatic carbocycles. The Hall–Kier alpha value is -5.12. The fraction of sp³-hybridized carbons (Fsp3) is 0.174. The second kappa shape index (κ2) is 10.4. The highest BCUT2D eigenvalue weighted by atomic mass is 19.1. The first-order valence-electron chi connectivity index (χ1n) is 10.7. The number of pyridine rings is 3. The van der Waals surface area contributed by atoms with Crippen molar-refractivity contribution in [3.63, 3.8) is 0 Å². The van der Waals surface area contributed by atoms with Crippen molar-refractivity contribution in [1.82, 2.24) is 35.3 Å². The Morgan fingerprint density at radius 2 is 1.94 bits per heavy atom. The molecule has 0 aromatic carbocycles. The summed E-state index contributed by atoms with van der Waals surface area (Å²) in [5.41, 5.74) is 2.18. The Kier molecular flexibility index (Phi) is 6.96. The van der Waals surface area contributed by atoms with E-state index in [0.29, 0.717) is 22.8 Å². The molecule has 182 valence electrons. The number of nitrogens with one attached hydrogen (secondary N) is 3. The third-order valence-corrected chi connectivity index (χ3v) is 5.20. The number of anilines is 3. The number of hydrogen-bond donors (Lipinski definition) is 4. The molecule has 13 heteroatoms. The van der Waals surface area contributed by atoms with Gasteiger partial charge in [0.05, 0.1) is 53.3 Å². The van der Waals surface area contributed by atoms with Crippen molar-refractivity contribution in [2.24, 2.45) is 0 Å². The van der Waals surface area contributed by atoms with Crippen LogP contribution in [-0.4, -0.2) is 47.2 Å². The van der Waals surface area contributed by atoms with Crippen LogP contribution in [0.1, 0.15) is 29.9 Å². The van der Waals surface area contributed by atoms with Crippen LogP contribution in [-0.2, 0) is 0 Å². The number of hydrogen-bond acceptors (Lipinski definition) is 9. The van der Waals surface area contributed by atoms with Gasteiger partial charge < -0.3 is 21.1 Å². The monoisotopic (exact) mass is 488 g/mol. The first-order chi connectivity index (χ1) is 17.4. The smallest absolute Gasteiger partial charge is 0.404 e. The molecule has 4 N–H and O–H groups in total. The third kappa shape index (κ3) is 5.33. The summed E-state index contributed by atoms with van der Waals surface area (Å²) < 4.78 is 15.0. The van der Waals surface area contributed by atoms with Crippen LogP contribution in [0.4, 0.5) is 26.5 Å². The Bertz CT molecular complexity index is 1410. The van der Waals surface area contributed by atoms with Crippen molar-refractivity contribution in [1.29, 1.82) is 5.26 Å². The van der Waals surface area contributed by atoms with E-state index in [1.54, 1.807) is 44.3 Å². The summed E-state index contributed by atoms with van der Waals surface area (Å²) >= 11 is 0. The number of nitrogens with zero attached hydrogens (tertiary/aromatic N) is 7. The van der Waals surface area contributed by atoms with Crippen LogP contribution < -0.4 is 16.0 Å². The van der Waals surface area contributed by atoms with Crippen LogP contribution in [0, 0.1) is 24.1 Å². The van der Waals surface area contributed by atoms with Crippen LogP contribution in [0.15, 0.2) is 55.1 Å². The number of carbonyl (C=O) groups is 1. The fourth-order valence-corrected chi connectivity index (χ4v) is 3.48. The summed E-state index contributed by atoms with van der Waals surface area (Å²) in [4.78, 5) is 25.5. The van der Waals surface area contributed by atoms with Crippen molar-refractivity contribution in [2.45, 2.75) is 25.9 Å². The molecular formula is C23H21FN10O2. The molecule has 0 radical (unpaired) electrons. The molecule has 0 unspecified atom stereocenters. The molecule has 1 amide bonds. The van der Waals surface area contributed by atoms with E-state index in [4.69, 9.17) is 0 Å². The van der Waals surface area contributed by atoms with Gasteiger partial charge in [0, 0.05) is 6.20 Å². The van der Waals surface area contributed by atoms with Crippen LogP contribution in [0.25, 0.3) is 5.69 Å². The summed E-state index contributed by atoms with van der Waals surface area (Å²) in [6, 6.07) is 8.35. The molecule has 2 atom stereocenters. The predicted octanol–water partition coefficient (Wildman–Crippen LogP) is 3.32. The van der Waals surface area contributed by atoms with Gasteiger partial charge in [-0.25, -0.2) is 14.2 Å². The summed E-state index contributed by atoms with van der Waals surface area (Å²) in [7, 11) is 0. The number of nitriles is 1. The maximum atomic E-state index is 15.0. The van der Waals surface area contributed by atoms with Crippen molar-refractivity contribution < 1.29 is 14.3 Å². The molecule has 0 saturated heterocycles. The molecule has 12 nitrogen and oxygen atoms in total. The highest BCUT2D eigenvalue weighted by Gasteiger charge is 2.25. The predicted molar refractivity (Wildman–Crippen MR) is 127 cm³/mol. The fourth-order valence-electron chi connectivity index (χ4n) is 3.48. The van der Waals surface area contributed by atoms with Gasteiger partial charge in [0.1, 0.15) is 11.8 Å². The second-order valence-corrected chi connectivity index (χ2v) is 7.71. The lowest BCUT2D eigenvalue weighted by Gasteiger charge is -2.25. The van der Waals surface area contributed by atoms with Gasteiger partial charge in [0.15, 0.2) is 17.5 Å². The zero-order valence-electron chi connectivity index (χ0n) is 19.2. The topological polar surface area (TPSA) is 167 Å². The average Bonchev–Trinajstić information content (AvgIpc) is 3.40. The molecule has 4 rings (SSSR count). The summed E-state index contributed by atoms with van der Waals surface area (Å²) in [5.74, 6) is -0.908. The number of rotatable bonds is 8. The van der Waals surface area contributed by atoms with E-state index in [-0.39, 0.29) is 17.2 Å². The molecule has 0 aliphatic rings. The van der Waals surface area contributed by atoms with Crippen molar-refractivity contribution in [2.75, 3.05) is 10.6 Å². The van der Waals surface area contributed by atoms with Gasteiger partial charge in [-0.1, -0.05) is 6.07 Å². The SMILES string of the molecule is Cc1ncc(Nc2nc(N[C@H](c3ccccn3)[C@H](C)NC(=O)O)c(F)cc2C#N)cc1-n1nccn1. The lowest BCUT2D eigenvalue weighted by atomic mass is 10.1. The maximum absolute atomic E-state index is 15.0. The van der Waals surface area contributed by atoms with Gasteiger partial charge in [0.2, 0.25) is 0 Å². The van der Waals surface area contributed by atoms with Crippen LogP contribution >= 0.6 is 0 Å². The lowest BCUT2D eigenvalue weighted by molar-refractivity contribution is 0.189. The number of halogens is 1. The van der Waals surface area contributed by atoms with Crippen molar-refractivity contribution >= 4 is 23.4 Å². The van der Waals surface area contributed by atoms with Crippen LogP contribution in [0.3, 0.4) is 0 Å². The molecule has 0 fully saturated rings. The Labute approximate surface area is 204 Å². The van der Waals surface area contributed by atoms with E-state index < -0.39 is 24.0 Å². The Balaban J connectivity index is 1.69. The van der Waals surface area contributed by atoms with E-state index in [1.807, 2.05) is 6.07 Å². The molecular weight excluding hydrogens is 467 g/mol. The van der Waals surface area contributed by atoms with Crippen molar-refractivity contribution in [3.8, 4) is 11.8 Å². The quantitative estimate of drug-likeness (QED) is 0.289. The number of aromatic nitrogens is 6. The molecule has 4 aromatic rings. The Morgan fingerprint density at radius 1 is 1.17 bits per heavy atom. The first kappa shape index (κ1) is 24.0. The molecule has 4 aromatic heterocycles. The summed E-state index contributed by atoms with van der Waals surface area (Å²) in [6.07, 6.45) is 4.91. The standard InChI is InChI=1S/C23H21FN10O2/c1-13-19(34-28-7-8-29-34)10-16(12-27-13)31-21-15(11-25)9-17(24)22(33-21)32-20(14(2)30-23(35)36)18-5-3-4-6-26-18/h3-10,12,14,20,30H,1-2H3,(H,35,36)(H2,31,32,33)/t14-,20-/m0/s1. The molecule has 0 aliphatic heterocycles. The van der Waals surface area contributed by atoms with Gasteiger partial charge in [-0.15, -0.1) is 4.80 Å². The minimum absolute atomic E-state index is 0.0384. The zero-order chi connectivity index (χ0) is 25.7. The van der Waals surface area contributed by atoms with E-state index in [9.17, 15) is 19.6 Å². The normalized spacial score (nSPS) is 12.3. The third-order valence-electron chi connectivity index (χ3n) is 5.20. The van der Waals surface area contributed by atoms with E-state index in [1.165, 1.54) is 23.4 Å². The molecule has 0 saturated carbocycles. The first-order valence-corrected chi connectivity index (χ1v) is 10.7. The van der Waals surface area contributed by atoms with Gasteiger partial charge in [-0.05, 0) is 38.1 Å². The van der Waals surface area contributed by atoms with Crippen molar-refractivity contribution in [3.05, 3.63) is 77.9 Å².